The second-order valence-corrected chi connectivity index (χ2v) is 5.49. The lowest BCUT2D eigenvalue weighted by molar-refractivity contribution is 0.0888. The van der Waals surface area contributed by atoms with Gasteiger partial charge in [0.15, 0.2) is 0 Å². The molecule has 1 saturated heterocycles. The minimum absolute atomic E-state index is 0. The van der Waals surface area contributed by atoms with Crippen LogP contribution in [0.5, 0.6) is 0 Å². The second kappa shape index (κ2) is 7.42. The maximum Gasteiger partial charge on any atom is 0.290 e. The molecule has 1 aromatic carbocycles. The van der Waals surface area contributed by atoms with Crippen LogP contribution in [-0.4, -0.2) is 29.7 Å². The van der Waals surface area contributed by atoms with Gasteiger partial charge in [-0.2, -0.15) is 0 Å². The van der Waals surface area contributed by atoms with Gasteiger partial charge in [0, 0.05) is 23.7 Å². The molecule has 2 atom stereocenters. The summed E-state index contributed by atoms with van der Waals surface area (Å²) in [6.45, 7) is 3.05. The Labute approximate surface area is 135 Å². The number of nitrogens with one attached hydrogen (secondary N) is 2. The van der Waals surface area contributed by atoms with E-state index in [9.17, 15) is 4.79 Å². The number of carbonyl (C=O) groups is 1. The first-order valence-electron chi connectivity index (χ1n) is 7.29. The van der Waals surface area contributed by atoms with Crippen LogP contribution < -0.4 is 10.6 Å². The molecule has 1 aliphatic rings. The third-order valence-electron chi connectivity index (χ3n) is 3.76. The highest BCUT2D eigenvalue weighted by molar-refractivity contribution is 5.92. The van der Waals surface area contributed by atoms with Gasteiger partial charge in [0.25, 0.3) is 5.91 Å². The first-order chi connectivity index (χ1) is 10.2. The number of hydrogen-bond donors (Lipinski definition) is 2. The quantitative estimate of drug-likeness (QED) is 0.912. The number of hydrogen-bond acceptors (Lipinski definition) is 4. The molecule has 1 amide bonds. The zero-order chi connectivity index (χ0) is 14.7. The maximum atomic E-state index is 12.2. The van der Waals surface area contributed by atoms with E-state index in [0.29, 0.717) is 11.7 Å². The molecule has 2 unspecified atom stereocenters. The van der Waals surface area contributed by atoms with Gasteiger partial charge in [0.05, 0.1) is 0 Å². The van der Waals surface area contributed by atoms with E-state index < -0.39 is 0 Å². The predicted octanol–water partition coefficient (Wildman–Crippen LogP) is 2.63. The molecule has 2 N–H and O–H groups in total. The Hall–Kier alpha value is -1.85. The van der Waals surface area contributed by atoms with Crippen molar-refractivity contribution in [2.75, 3.05) is 6.54 Å². The smallest absolute Gasteiger partial charge is 0.290 e. The number of piperidine rings is 1. The number of rotatable bonds is 3. The highest BCUT2D eigenvalue weighted by Gasteiger charge is 2.22. The van der Waals surface area contributed by atoms with Gasteiger partial charge in [0.2, 0.25) is 5.76 Å². The van der Waals surface area contributed by atoms with Gasteiger partial charge in [-0.1, -0.05) is 35.5 Å². The van der Waals surface area contributed by atoms with Gasteiger partial charge in [-0.05, 0) is 26.3 Å². The lowest BCUT2D eigenvalue weighted by Crippen LogP contribution is -2.46. The van der Waals surface area contributed by atoms with Crippen LogP contribution in [0, 0.1) is 0 Å². The normalized spacial score (nSPS) is 21.0. The van der Waals surface area contributed by atoms with Gasteiger partial charge in [-0.3, -0.25) is 4.79 Å². The number of benzene rings is 1. The van der Waals surface area contributed by atoms with Crippen molar-refractivity contribution in [1.82, 2.24) is 15.8 Å². The zero-order valence-electron chi connectivity index (χ0n) is 12.4. The predicted molar refractivity (Wildman–Crippen MR) is 87.1 cm³/mol. The molecule has 6 heteroatoms. The molecule has 0 saturated carbocycles. The van der Waals surface area contributed by atoms with Crippen LogP contribution in [0.1, 0.15) is 30.3 Å². The third-order valence-corrected chi connectivity index (χ3v) is 3.76. The fraction of sp³-hybridized carbons (Fsp3) is 0.375. The first-order valence-corrected chi connectivity index (χ1v) is 7.29. The molecule has 1 fully saturated rings. The Balaban J connectivity index is 0.00000176. The Bertz CT molecular complexity index is 615. The summed E-state index contributed by atoms with van der Waals surface area (Å²) in [5, 5.41) is 10.3. The van der Waals surface area contributed by atoms with Crippen molar-refractivity contribution in [3.05, 3.63) is 42.2 Å². The topological polar surface area (TPSA) is 67.2 Å². The van der Waals surface area contributed by atoms with Crippen molar-refractivity contribution < 1.29 is 9.32 Å². The van der Waals surface area contributed by atoms with E-state index in [4.69, 9.17) is 4.52 Å². The summed E-state index contributed by atoms with van der Waals surface area (Å²) in [4.78, 5) is 12.2. The molecule has 1 aromatic heterocycles. The van der Waals surface area contributed by atoms with E-state index in [1.54, 1.807) is 6.07 Å². The van der Waals surface area contributed by atoms with Crippen molar-refractivity contribution in [3.8, 4) is 11.3 Å². The minimum atomic E-state index is -0.191. The van der Waals surface area contributed by atoms with Crippen LogP contribution in [0.25, 0.3) is 11.3 Å². The van der Waals surface area contributed by atoms with Gasteiger partial charge < -0.3 is 15.2 Å². The number of nitrogens with zero attached hydrogens (tertiary/aromatic N) is 1. The largest absolute Gasteiger partial charge is 0.350 e. The molecule has 0 bridgehead atoms. The molecular weight excluding hydrogens is 302 g/mol. The number of aromatic nitrogens is 1. The average Bonchev–Trinajstić information content (AvgIpc) is 2.98. The Morgan fingerprint density at radius 2 is 2.14 bits per heavy atom. The van der Waals surface area contributed by atoms with Gasteiger partial charge in [-0.25, -0.2) is 0 Å². The molecule has 0 aliphatic carbocycles. The monoisotopic (exact) mass is 321 g/mol. The summed E-state index contributed by atoms with van der Waals surface area (Å²) in [5.74, 6) is 0.0730. The molecule has 118 valence electrons. The molecule has 3 rings (SSSR count). The molecule has 2 aromatic rings. The van der Waals surface area contributed by atoms with Crippen molar-refractivity contribution in [3.63, 3.8) is 0 Å². The standard InChI is InChI=1S/C16H19N3O2.ClH/c1-11-9-13(7-8-17-11)18-16(20)15-10-14(19-21-15)12-5-3-2-4-6-12;/h2-6,10-11,13,17H,7-9H2,1H3,(H,18,20);1H. The molecule has 5 nitrogen and oxygen atoms in total. The van der Waals surface area contributed by atoms with E-state index in [-0.39, 0.29) is 30.1 Å². The SMILES string of the molecule is CC1CC(NC(=O)c2cc(-c3ccccc3)no2)CCN1.Cl. The summed E-state index contributed by atoms with van der Waals surface area (Å²) in [5.41, 5.74) is 1.62. The van der Waals surface area contributed by atoms with Crippen LogP contribution in [0.2, 0.25) is 0 Å². The summed E-state index contributed by atoms with van der Waals surface area (Å²) in [7, 11) is 0. The van der Waals surface area contributed by atoms with E-state index in [1.165, 1.54) is 0 Å². The van der Waals surface area contributed by atoms with E-state index >= 15 is 0 Å². The Kier molecular flexibility index (Phi) is 5.57. The van der Waals surface area contributed by atoms with Crippen molar-refractivity contribution in [2.24, 2.45) is 0 Å². The summed E-state index contributed by atoms with van der Waals surface area (Å²) >= 11 is 0. The number of carbonyl (C=O) groups excluding carboxylic acids is 1. The van der Waals surface area contributed by atoms with E-state index in [0.717, 1.165) is 24.9 Å². The lowest BCUT2D eigenvalue weighted by atomic mass is 10.0. The fourth-order valence-corrected chi connectivity index (χ4v) is 2.65. The van der Waals surface area contributed by atoms with Crippen molar-refractivity contribution in [1.29, 1.82) is 0 Å². The van der Waals surface area contributed by atoms with Gasteiger partial charge in [0.1, 0.15) is 5.69 Å². The number of amides is 1. The molecule has 22 heavy (non-hydrogen) atoms. The second-order valence-electron chi connectivity index (χ2n) is 5.49. The summed E-state index contributed by atoms with van der Waals surface area (Å²) in [6.07, 6.45) is 1.88. The maximum absolute atomic E-state index is 12.2. The van der Waals surface area contributed by atoms with Gasteiger partial charge >= 0.3 is 0 Å². The summed E-state index contributed by atoms with van der Waals surface area (Å²) in [6, 6.07) is 12.0. The minimum Gasteiger partial charge on any atom is -0.350 e. The Morgan fingerprint density at radius 1 is 1.36 bits per heavy atom. The zero-order valence-corrected chi connectivity index (χ0v) is 13.2. The molecule has 0 radical (unpaired) electrons. The van der Waals surface area contributed by atoms with Crippen molar-refractivity contribution in [2.45, 2.75) is 31.8 Å². The van der Waals surface area contributed by atoms with Crippen LogP contribution in [0.15, 0.2) is 40.9 Å². The average molecular weight is 322 g/mol. The number of halogens is 1. The van der Waals surface area contributed by atoms with Crippen LogP contribution >= 0.6 is 12.4 Å². The molecule has 0 spiro atoms. The lowest BCUT2D eigenvalue weighted by Gasteiger charge is -2.28. The van der Waals surface area contributed by atoms with Crippen molar-refractivity contribution >= 4 is 18.3 Å². The fourth-order valence-electron chi connectivity index (χ4n) is 2.65. The van der Waals surface area contributed by atoms with Crippen LogP contribution in [0.3, 0.4) is 0 Å². The molecule has 1 aliphatic heterocycles. The molecular formula is C16H20ClN3O2. The highest BCUT2D eigenvalue weighted by Crippen LogP contribution is 2.19. The van der Waals surface area contributed by atoms with Gasteiger partial charge in [-0.15, -0.1) is 12.4 Å². The first kappa shape index (κ1) is 16.5. The van der Waals surface area contributed by atoms with E-state index in [2.05, 4.69) is 22.7 Å². The molecule has 2 heterocycles. The summed E-state index contributed by atoms with van der Waals surface area (Å²) < 4.78 is 5.17. The third kappa shape index (κ3) is 3.87. The van der Waals surface area contributed by atoms with E-state index in [1.807, 2.05) is 30.3 Å². The highest BCUT2D eigenvalue weighted by atomic mass is 35.5. The Morgan fingerprint density at radius 3 is 2.86 bits per heavy atom. The van der Waals surface area contributed by atoms with Crippen LogP contribution in [-0.2, 0) is 0 Å². The van der Waals surface area contributed by atoms with Crippen LogP contribution in [0.4, 0.5) is 0 Å².